The molecular formula is C28H36N6O4. The fourth-order valence-electron chi connectivity index (χ4n) is 5.70. The van der Waals surface area contributed by atoms with Crippen LogP contribution in [0.3, 0.4) is 0 Å². The summed E-state index contributed by atoms with van der Waals surface area (Å²) in [5.41, 5.74) is 2.39. The van der Waals surface area contributed by atoms with Gasteiger partial charge in [-0.05, 0) is 50.3 Å². The van der Waals surface area contributed by atoms with Crippen molar-refractivity contribution in [1.82, 2.24) is 29.7 Å². The predicted octanol–water partition coefficient (Wildman–Crippen LogP) is 2.88. The first-order valence-electron chi connectivity index (χ1n) is 13.6. The highest BCUT2D eigenvalue weighted by molar-refractivity contribution is 5.87. The maximum Gasteiger partial charge on any atom is 0.327 e. The molecule has 0 bridgehead atoms. The molecule has 38 heavy (non-hydrogen) atoms. The van der Waals surface area contributed by atoms with Crippen LogP contribution in [0, 0.1) is 0 Å². The number of pyridine rings is 1. The van der Waals surface area contributed by atoms with Crippen molar-refractivity contribution in [3.8, 4) is 0 Å². The van der Waals surface area contributed by atoms with Crippen LogP contribution < -0.4 is 11.0 Å². The molecule has 2 N–H and O–H groups in total. The van der Waals surface area contributed by atoms with Crippen LogP contribution in [0.15, 0.2) is 53.5 Å². The summed E-state index contributed by atoms with van der Waals surface area (Å²) in [6, 6.07) is 13.2. The molecule has 202 valence electrons. The molecule has 3 amide bonds. The third-order valence-corrected chi connectivity index (χ3v) is 7.74. The van der Waals surface area contributed by atoms with Crippen LogP contribution in [0.4, 0.5) is 4.79 Å². The molecule has 0 radical (unpaired) electrons. The monoisotopic (exact) mass is 520 g/mol. The second-order valence-corrected chi connectivity index (χ2v) is 10.1. The van der Waals surface area contributed by atoms with Gasteiger partial charge in [0.2, 0.25) is 5.91 Å². The van der Waals surface area contributed by atoms with Crippen molar-refractivity contribution in [3.63, 3.8) is 0 Å². The molecule has 2 aliphatic rings. The molecule has 5 rings (SSSR count). The van der Waals surface area contributed by atoms with Gasteiger partial charge in [-0.1, -0.05) is 30.3 Å². The van der Waals surface area contributed by atoms with Crippen molar-refractivity contribution in [1.29, 1.82) is 0 Å². The van der Waals surface area contributed by atoms with E-state index in [0.717, 1.165) is 11.9 Å². The summed E-state index contributed by atoms with van der Waals surface area (Å²) in [6.45, 7) is 5.15. The van der Waals surface area contributed by atoms with Gasteiger partial charge < -0.3 is 19.9 Å². The number of nitrogens with zero attached hydrogens (tertiary/aromatic N) is 4. The SMILES string of the molecule is CCOCCN1C[C@H](c2ccccc2)CC[C@@H](NC(=O)N2CCC(n3c(=O)[nH]c4ncccc43)CC2)C1=O. The van der Waals surface area contributed by atoms with Gasteiger partial charge in [0.1, 0.15) is 6.04 Å². The Morgan fingerprint density at radius 1 is 1.08 bits per heavy atom. The van der Waals surface area contributed by atoms with Gasteiger partial charge >= 0.3 is 11.7 Å². The number of hydrogen-bond acceptors (Lipinski definition) is 5. The summed E-state index contributed by atoms with van der Waals surface area (Å²) >= 11 is 0. The smallest absolute Gasteiger partial charge is 0.327 e. The fraction of sp³-hybridized carbons (Fsp3) is 0.500. The number of nitrogens with one attached hydrogen (secondary N) is 2. The minimum absolute atomic E-state index is 0.00954. The van der Waals surface area contributed by atoms with Gasteiger partial charge in [0.25, 0.3) is 0 Å². The van der Waals surface area contributed by atoms with E-state index in [1.54, 1.807) is 15.7 Å². The number of ether oxygens (including phenoxy) is 1. The Bertz CT molecular complexity index is 1300. The number of urea groups is 1. The second-order valence-electron chi connectivity index (χ2n) is 10.1. The number of piperidine rings is 1. The zero-order valence-electron chi connectivity index (χ0n) is 21.8. The minimum Gasteiger partial charge on any atom is -0.380 e. The van der Waals surface area contributed by atoms with Crippen molar-refractivity contribution in [3.05, 3.63) is 64.7 Å². The van der Waals surface area contributed by atoms with E-state index in [0.29, 0.717) is 64.3 Å². The highest BCUT2D eigenvalue weighted by atomic mass is 16.5. The number of hydrogen-bond donors (Lipinski definition) is 2. The van der Waals surface area contributed by atoms with E-state index in [4.69, 9.17) is 4.74 Å². The molecule has 2 aromatic heterocycles. The Labute approximate surface area is 222 Å². The van der Waals surface area contributed by atoms with Crippen LogP contribution in [0.1, 0.15) is 50.1 Å². The Balaban J connectivity index is 1.23. The molecule has 10 nitrogen and oxygen atoms in total. The number of carbonyl (C=O) groups excluding carboxylic acids is 2. The number of amides is 3. The number of imidazole rings is 1. The molecule has 2 aliphatic heterocycles. The summed E-state index contributed by atoms with van der Waals surface area (Å²) in [4.78, 5) is 50.0. The van der Waals surface area contributed by atoms with E-state index in [2.05, 4.69) is 27.4 Å². The lowest BCUT2D eigenvalue weighted by molar-refractivity contribution is -0.133. The Hall–Kier alpha value is -3.66. The molecular weight excluding hydrogens is 484 g/mol. The first-order chi connectivity index (χ1) is 18.5. The number of likely N-dealkylation sites (tertiary alicyclic amines) is 2. The first kappa shape index (κ1) is 26.0. The molecule has 3 aromatic rings. The normalized spacial score (nSPS) is 21.0. The highest BCUT2D eigenvalue weighted by Gasteiger charge is 2.34. The first-order valence-corrected chi connectivity index (χ1v) is 13.6. The molecule has 0 aliphatic carbocycles. The van der Waals surface area contributed by atoms with Crippen LogP contribution in [0.2, 0.25) is 0 Å². The van der Waals surface area contributed by atoms with E-state index >= 15 is 0 Å². The van der Waals surface area contributed by atoms with E-state index in [9.17, 15) is 14.4 Å². The topological polar surface area (TPSA) is 113 Å². The number of carbonyl (C=O) groups is 2. The number of fused-ring (bicyclic) bond motifs is 1. The van der Waals surface area contributed by atoms with Gasteiger partial charge in [-0.15, -0.1) is 0 Å². The van der Waals surface area contributed by atoms with Gasteiger partial charge in [-0.25, -0.2) is 14.6 Å². The average molecular weight is 521 g/mol. The number of aromatic amines is 1. The summed E-state index contributed by atoms with van der Waals surface area (Å²) < 4.78 is 7.29. The molecule has 4 heterocycles. The lowest BCUT2D eigenvalue weighted by Crippen LogP contribution is -2.53. The summed E-state index contributed by atoms with van der Waals surface area (Å²) in [7, 11) is 0. The maximum absolute atomic E-state index is 13.5. The lowest BCUT2D eigenvalue weighted by Gasteiger charge is -2.34. The van der Waals surface area contributed by atoms with Crippen LogP contribution in [0.5, 0.6) is 0 Å². The summed E-state index contributed by atoms with van der Waals surface area (Å²) in [5, 5.41) is 3.03. The van der Waals surface area contributed by atoms with Gasteiger partial charge in [0.15, 0.2) is 5.65 Å². The second kappa shape index (κ2) is 11.8. The van der Waals surface area contributed by atoms with Gasteiger partial charge in [0.05, 0.1) is 12.1 Å². The molecule has 0 spiro atoms. The van der Waals surface area contributed by atoms with E-state index in [1.165, 1.54) is 5.56 Å². The zero-order chi connectivity index (χ0) is 26.5. The molecule has 10 heteroatoms. The van der Waals surface area contributed by atoms with Crippen molar-refractivity contribution >= 4 is 23.1 Å². The van der Waals surface area contributed by atoms with Crippen LogP contribution in [0.25, 0.3) is 11.2 Å². The molecule has 1 aromatic carbocycles. The maximum atomic E-state index is 13.5. The van der Waals surface area contributed by atoms with E-state index < -0.39 is 6.04 Å². The van der Waals surface area contributed by atoms with Gasteiger partial charge in [-0.2, -0.15) is 0 Å². The Kier molecular flexibility index (Phi) is 8.07. The van der Waals surface area contributed by atoms with Crippen LogP contribution in [-0.4, -0.2) is 81.7 Å². The number of H-pyrrole nitrogens is 1. The van der Waals surface area contributed by atoms with Crippen molar-refractivity contribution < 1.29 is 14.3 Å². The molecule has 0 saturated carbocycles. The lowest BCUT2D eigenvalue weighted by atomic mass is 9.94. The van der Waals surface area contributed by atoms with E-state index in [-0.39, 0.29) is 29.6 Å². The van der Waals surface area contributed by atoms with Crippen molar-refractivity contribution in [2.45, 2.75) is 50.6 Å². The Morgan fingerprint density at radius 2 is 1.87 bits per heavy atom. The van der Waals surface area contributed by atoms with Gasteiger partial charge in [-0.3, -0.25) is 14.3 Å². The van der Waals surface area contributed by atoms with Crippen LogP contribution >= 0.6 is 0 Å². The third-order valence-electron chi connectivity index (χ3n) is 7.74. The van der Waals surface area contributed by atoms with Gasteiger partial charge in [0, 0.05) is 50.9 Å². The standard InChI is InChI=1S/C28H36N6O4/c1-2-38-18-17-33-19-21(20-7-4-3-5-8-20)10-11-23(26(33)35)30-27(36)32-15-12-22(13-16-32)34-24-9-6-14-29-25(24)31-28(34)37/h3-9,14,21-23H,2,10-13,15-19H2,1H3,(H,30,36)(H,29,31,37)/t21-,23-/m1/s1. The quantitative estimate of drug-likeness (QED) is 0.465. The Morgan fingerprint density at radius 3 is 2.63 bits per heavy atom. The highest BCUT2D eigenvalue weighted by Crippen LogP contribution is 2.28. The van der Waals surface area contributed by atoms with E-state index in [1.807, 2.05) is 42.2 Å². The molecule has 2 fully saturated rings. The molecule has 0 unspecified atom stereocenters. The summed E-state index contributed by atoms with van der Waals surface area (Å²) in [5.74, 6) is 0.160. The molecule has 2 saturated heterocycles. The number of aromatic nitrogens is 3. The molecule has 2 atom stereocenters. The number of rotatable bonds is 7. The predicted molar refractivity (Wildman–Crippen MR) is 144 cm³/mol. The van der Waals surface area contributed by atoms with Crippen molar-refractivity contribution in [2.75, 3.05) is 39.4 Å². The summed E-state index contributed by atoms with van der Waals surface area (Å²) in [6.07, 6.45) is 4.37. The fourth-order valence-corrected chi connectivity index (χ4v) is 5.70. The third kappa shape index (κ3) is 5.60. The number of benzene rings is 1. The average Bonchev–Trinajstić information content (AvgIpc) is 3.21. The van der Waals surface area contributed by atoms with Crippen LogP contribution in [-0.2, 0) is 9.53 Å². The minimum atomic E-state index is -0.571. The van der Waals surface area contributed by atoms with Crippen molar-refractivity contribution in [2.24, 2.45) is 0 Å². The zero-order valence-corrected chi connectivity index (χ0v) is 21.8. The largest absolute Gasteiger partial charge is 0.380 e.